The number of nitrogens with one attached hydrogen (secondary N) is 1. The number of hydrogen-bond acceptors (Lipinski definition) is 6. The van der Waals surface area contributed by atoms with Crippen LogP contribution in [0.4, 0.5) is 5.69 Å². The lowest BCUT2D eigenvalue weighted by Gasteiger charge is -2.09. The van der Waals surface area contributed by atoms with Gasteiger partial charge in [-0.1, -0.05) is 35.9 Å². The van der Waals surface area contributed by atoms with Crippen molar-refractivity contribution >= 4 is 33.1 Å². The average Bonchev–Trinajstić information content (AvgIpc) is 3.18. The Kier molecular flexibility index (Phi) is 5.18. The molecule has 29 heavy (non-hydrogen) atoms. The van der Waals surface area contributed by atoms with Crippen molar-refractivity contribution in [1.29, 1.82) is 5.26 Å². The molecule has 0 atom stereocenters. The Bertz CT molecular complexity index is 1230. The summed E-state index contributed by atoms with van der Waals surface area (Å²) in [6.07, 6.45) is 1.43. The molecule has 1 amide bonds. The zero-order chi connectivity index (χ0) is 20.2. The van der Waals surface area contributed by atoms with Crippen molar-refractivity contribution in [2.24, 2.45) is 0 Å². The minimum absolute atomic E-state index is 0.202. The minimum atomic E-state index is -0.334. The summed E-state index contributed by atoms with van der Waals surface area (Å²) in [4.78, 5) is 21.6. The Hall–Kier alpha value is -3.76. The molecule has 0 radical (unpaired) electrons. The maximum Gasteiger partial charge on any atom is 0.262 e. The Morgan fingerprint density at radius 2 is 2.03 bits per heavy atom. The molecule has 0 bridgehead atoms. The molecule has 0 saturated heterocycles. The Labute approximate surface area is 171 Å². The van der Waals surface area contributed by atoms with Gasteiger partial charge in [0.25, 0.3) is 5.91 Å². The van der Waals surface area contributed by atoms with Gasteiger partial charge in [0, 0.05) is 16.6 Å². The largest absolute Gasteiger partial charge is 0.467 e. The van der Waals surface area contributed by atoms with Crippen molar-refractivity contribution in [2.75, 3.05) is 11.9 Å². The number of ether oxygens (including phenoxy) is 1. The van der Waals surface area contributed by atoms with Gasteiger partial charge in [0.05, 0.1) is 17.0 Å². The number of nitrogens with zero attached hydrogens (tertiary/aromatic N) is 3. The lowest BCUT2D eigenvalue weighted by atomic mass is 10.0. The molecule has 2 aromatic carbocycles. The molecule has 0 fully saturated rings. The van der Waals surface area contributed by atoms with E-state index >= 15 is 0 Å². The first-order valence-electron chi connectivity index (χ1n) is 8.86. The second-order valence-electron chi connectivity index (χ2n) is 6.40. The van der Waals surface area contributed by atoms with Gasteiger partial charge in [0.1, 0.15) is 11.2 Å². The van der Waals surface area contributed by atoms with Crippen LogP contribution >= 0.6 is 11.3 Å². The summed E-state index contributed by atoms with van der Waals surface area (Å²) in [5.74, 6) is 0.0340. The van der Waals surface area contributed by atoms with E-state index in [1.807, 2.05) is 42.6 Å². The van der Waals surface area contributed by atoms with Crippen molar-refractivity contribution in [3.63, 3.8) is 0 Å². The van der Waals surface area contributed by atoms with Crippen LogP contribution in [0.3, 0.4) is 0 Å². The molecule has 6 nitrogen and oxygen atoms in total. The summed E-state index contributed by atoms with van der Waals surface area (Å²) < 4.78 is 5.73. The minimum Gasteiger partial charge on any atom is -0.467 e. The number of fused-ring (bicyclic) bond motifs is 1. The van der Waals surface area contributed by atoms with E-state index in [1.165, 1.54) is 23.2 Å². The van der Waals surface area contributed by atoms with Crippen LogP contribution in [-0.4, -0.2) is 22.5 Å². The summed E-state index contributed by atoms with van der Waals surface area (Å²) in [7, 11) is 0. The van der Waals surface area contributed by atoms with Crippen LogP contribution in [-0.2, 0) is 4.79 Å². The highest BCUT2D eigenvalue weighted by atomic mass is 32.1. The molecule has 4 aromatic rings. The van der Waals surface area contributed by atoms with E-state index in [0.29, 0.717) is 17.1 Å². The van der Waals surface area contributed by atoms with Crippen molar-refractivity contribution in [3.05, 3.63) is 71.4 Å². The fraction of sp³-hybridized carbons (Fsp3) is 0.0909. The molecule has 7 heteroatoms. The average molecular weight is 400 g/mol. The highest BCUT2D eigenvalue weighted by Crippen LogP contribution is 2.37. The number of carbonyl (C=O) groups excluding carboxylic acids is 1. The topological polar surface area (TPSA) is 87.9 Å². The van der Waals surface area contributed by atoms with Gasteiger partial charge in [-0.15, -0.1) is 11.3 Å². The number of thiophene rings is 1. The van der Waals surface area contributed by atoms with Crippen molar-refractivity contribution in [1.82, 2.24) is 9.97 Å². The lowest BCUT2D eigenvalue weighted by molar-refractivity contribution is -0.118. The molecular formula is C22H16N4O2S. The zero-order valence-electron chi connectivity index (χ0n) is 15.5. The molecule has 0 aliphatic rings. The highest BCUT2D eigenvalue weighted by Gasteiger charge is 2.15. The third-order valence-electron chi connectivity index (χ3n) is 4.31. The van der Waals surface area contributed by atoms with Gasteiger partial charge in [-0.3, -0.25) is 4.79 Å². The summed E-state index contributed by atoms with van der Waals surface area (Å²) in [6, 6.07) is 16.9. The number of aromatic nitrogens is 2. The first kappa shape index (κ1) is 18.6. The fourth-order valence-corrected chi connectivity index (χ4v) is 3.81. The number of carbonyl (C=O) groups is 1. The lowest BCUT2D eigenvalue weighted by Crippen LogP contribution is -2.20. The second kappa shape index (κ2) is 8.09. The van der Waals surface area contributed by atoms with Crippen LogP contribution in [0.5, 0.6) is 5.88 Å². The maximum atomic E-state index is 12.3. The second-order valence-corrected chi connectivity index (χ2v) is 7.26. The van der Waals surface area contributed by atoms with Crippen LogP contribution in [0, 0.1) is 18.3 Å². The van der Waals surface area contributed by atoms with Gasteiger partial charge in [0.2, 0.25) is 5.88 Å². The van der Waals surface area contributed by atoms with Gasteiger partial charge in [0.15, 0.2) is 6.61 Å². The molecule has 1 N–H and O–H groups in total. The van der Waals surface area contributed by atoms with E-state index < -0.39 is 0 Å². The number of rotatable bonds is 5. The Morgan fingerprint density at radius 3 is 2.83 bits per heavy atom. The maximum absolute atomic E-state index is 12.3. The van der Waals surface area contributed by atoms with Crippen LogP contribution in [0.25, 0.3) is 21.3 Å². The molecule has 0 aliphatic carbocycles. The Morgan fingerprint density at radius 1 is 1.21 bits per heavy atom. The van der Waals surface area contributed by atoms with E-state index in [2.05, 4.69) is 15.3 Å². The molecule has 4 rings (SSSR count). The molecule has 142 valence electrons. The number of amides is 1. The number of benzene rings is 2. The molecule has 0 unspecified atom stereocenters. The molecule has 2 heterocycles. The normalized spacial score (nSPS) is 10.5. The van der Waals surface area contributed by atoms with E-state index in [9.17, 15) is 4.79 Å². The molecular weight excluding hydrogens is 384 g/mol. The fourth-order valence-electron chi connectivity index (χ4n) is 2.90. The predicted molar refractivity (Wildman–Crippen MR) is 113 cm³/mol. The smallest absolute Gasteiger partial charge is 0.262 e. The van der Waals surface area contributed by atoms with Crippen LogP contribution in [0.15, 0.2) is 60.2 Å². The monoisotopic (exact) mass is 400 g/mol. The van der Waals surface area contributed by atoms with Gasteiger partial charge >= 0.3 is 0 Å². The third-order valence-corrected chi connectivity index (χ3v) is 5.20. The van der Waals surface area contributed by atoms with E-state index in [0.717, 1.165) is 21.3 Å². The standard InChI is InChI=1S/C22H16N4O2S/c1-14-5-7-16(8-6-14)18-12-29-22-20(18)21(24-13-25-22)28-11-19(27)26-17-4-2-3-15(9-17)10-23/h2-9,12-13H,11H2,1H3,(H,26,27). The molecule has 0 saturated carbocycles. The van der Waals surface area contributed by atoms with Crippen LogP contribution < -0.4 is 10.1 Å². The van der Waals surface area contributed by atoms with Crippen molar-refractivity contribution in [3.8, 4) is 23.1 Å². The quantitative estimate of drug-likeness (QED) is 0.531. The number of hydrogen-bond donors (Lipinski definition) is 1. The third kappa shape index (κ3) is 4.08. The van der Waals surface area contributed by atoms with Crippen LogP contribution in [0.1, 0.15) is 11.1 Å². The van der Waals surface area contributed by atoms with E-state index in [1.54, 1.807) is 24.3 Å². The zero-order valence-corrected chi connectivity index (χ0v) is 16.4. The van der Waals surface area contributed by atoms with Crippen molar-refractivity contribution in [2.45, 2.75) is 6.92 Å². The predicted octanol–water partition coefficient (Wildman–Crippen LogP) is 4.56. The first-order valence-corrected chi connectivity index (χ1v) is 9.74. The van der Waals surface area contributed by atoms with Gasteiger partial charge in [-0.05, 0) is 30.7 Å². The molecule has 0 spiro atoms. The van der Waals surface area contributed by atoms with Crippen LogP contribution in [0.2, 0.25) is 0 Å². The molecule has 0 aliphatic heterocycles. The van der Waals surface area contributed by atoms with Gasteiger partial charge < -0.3 is 10.1 Å². The SMILES string of the molecule is Cc1ccc(-c2csc3ncnc(OCC(=O)Nc4cccc(C#N)c4)c23)cc1. The first-order chi connectivity index (χ1) is 14.1. The summed E-state index contributed by atoms with van der Waals surface area (Å²) in [5.41, 5.74) is 4.21. The highest BCUT2D eigenvalue weighted by molar-refractivity contribution is 7.17. The summed E-state index contributed by atoms with van der Waals surface area (Å²) in [5, 5.41) is 14.5. The Balaban J connectivity index is 1.55. The number of nitriles is 1. The molecule has 2 aromatic heterocycles. The number of anilines is 1. The number of aryl methyl sites for hydroxylation is 1. The van der Waals surface area contributed by atoms with Gasteiger partial charge in [-0.2, -0.15) is 5.26 Å². The van der Waals surface area contributed by atoms with Crippen molar-refractivity contribution < 1.29 is 9.53 Å². The summed E-state index contributed by atoms with van der Waals surface area (Å²) >= 11 is 1.51. The van der Waals surface area contributed by atoms with Gasteiger partial charge in [-0.25, -0.2) is 9.97 Å². The van der Waals surface area contributed by atoms with E-state index in [-0.39, 0.29) is 12.5 Å². The van der Waals surface area contributed by atoms with E-state index in [4.69, 9.17) is 10.00 Å². The summed E-state index contributed by atoms with van der Waals surface area (Å²) in [6.45, 7) is 1.84.